The van der Waals surface area contributed by atoms with Crippen LogP contribution in [0.1, 0.15) is 36.5 Å². The smallest absolute Gasteiger partial charge is 0.273 e. The summed E-state index contributed by atoms with van der Waals surface area (Å²) in [4.78, 5) is 21.1. The van der Waals surface area contributed by atoms with Gasteiger partial charge < -0.3 is 5.32 Å². The molecular weight excluding hydrogens is 440 g/mol. The Morgan fingerprint density at radius 3 is 2.61 bits per heavy atom. The lowest BCUT2D eigenvalue weighted by Gasteiger charge is -2.09. The van der Waals surface area contributed by atoms with Gasteiger partial charge in [-0.15, -0.1) is 5.10 Å². The fourth-order valence-corrected chi connectivity index (χ4v) is 3.51. The number of thioether (sulfide) groups is 1. The second-order valence-corrected chi connectivity index (χ2v) is 8.39. The van der Waals surface area contributed by atoms with Crippen molar-refractivity contribution in [2.45, 2.75) is 31.2 Å². The third-order valence-electron chi connectivity index (χ3n) is 3.94. The van der Waals surface area contributed by atoms with E-state index in [0.29, 0.717) is 34.8 Å². The van der Waals surface area contributed by atoms with Gasteiger partial charge in [0, 0.05) is 29.2 Å². The largest absolute Gasteiger partial charge is 0.351 e. The zero-order valence-electron chi connectivity index (χ0n) is 15.7. The summed E-state index contributed by atoms with van der Waals surface area (Å²) >= 11 is 4.87. The van der Waals surface area contributed by atoms with Crippen molar-refractivity contribution in [2.24, 2.45) is 5.92 Å². The van der Waals surface area contributed by atoms with E-state index in [4.69, 9.17) is 0 Å². The molecule has 1 N–H and O–H groups in total. The van der Waals surface area contributed by atoms with Crippen molar-refractivity contribution in [3.05, 3.63) is 58.6 Å². The summed E-state index contributed by atoms with van der Waals surface area (Å²) in [5.74, 6) is 0.776. The molecule has 0 unspecified atom stereocenters. The lowest BCUT2D eigenvalue weighted by atomic mass is 10.1. The van der Waals surface area contributed by atoms with Crippen LogP contribution in [-0.2, 0) is 5.75 Å². The lowest BCUT2D eigenvalue weighted by Crippen LogP contribution is -2.26. The summed E-state index contributed by atoms with van der Waals surface area (Å²) < 4.78 is 2.66. The number of benzene rings is 1. The van der Waals surface area contributed by atoms with Crippen LogP contribution in [0.25, 0.3) is 5.69 Å². The highest BCUT2D eigenvalue weighted by Gasteiger charge is 2.21. The molecule has 2 heterocycles. The Balaban J connectivity index is 1.86. The second-order valence-electron chi connectivity index (χ2n) is 6.53. The van der Waals surface area contributed by atoms with Crippen molar-refractivity contribution in [2.75, 3.05) is 6.54 Å². The third kappa shape index (κ3) is 5.39. The zero-order valence-corrected chi connectivity index (χ0v) is 18.1. The minimum absolute atomic E-state index is 0.214. The maximum absolute atomic E-state index is 12.7. The summed E-state index contributed by atoms with van der Waals surface area (Å²) in [6, 6.07) is 9.47. The summed E-state index contributed by atoms with van der Waals surface area (Å²) in [5, 5.41) is 12.0. The normalized spacial score (nSPS) is 11.0. The Morgan fingerprint density at radius 1 is 1.21 bits per heavy atom. The molecule has 0 spiro atoms. The number of aromatic nitrogens is 5. The molecule has 0 aliphatic heterocycles. The fourth-order valence-electron chi connectivity index (χ4n) is 2.45. The van der Waals surface area contributed by atoms with Gasteiger partial charge in [0.05, 0.1) is 11.4 Å². The van der Waals surface area contributed by atoms with Gasteiger partial charge >= 0.3 is 0 Å². The van der Waals surface area contributed by atoms with Crippen molar-refractivity contribution in [3.8, 4) is 5.69 Å². The van der Waals surface area contributed by atoms with Crippen LogP contribution in [0.3, 0.4) is 0 Å². The summed E-state index contributed by atoms with van der Waals surface area (Å²) in [5.41, 5.74) is 1.87. The van der Waals surface area contributed by atoms with E-state index in [0.717, 1.165) is 16.6 Å². The molecule has 0 aliphatic rings. The minimum atomic E-state index is -0.214. The van der Waals surface area contributed by atoms with Gasteiger partial charge in [0.25, 0.3) is 5.91 Å². The maximum Gasteiger partial charge on any atom is 0.273 e. The van der Waals surface area contributed by atoms with E-state index in [1.54, 1.807) is 23.1 Å². The number of hydrogen-bond acceptors (Lipinski definition) is 6. The third-order valence-corrected chi connectivity index (χ3v) is 5.35. The van der Waals surface area contributed by atoms with E-state index in [2.05, 4.69) is 55.4 Å². The van der Waals surface area contributed by atoms with Crippen LogP contribution in [-0.4, -0.2) is 37.4 Å². The topological polar surface area (TPSA) is 85.6 Å². The molecule has 0 atom stereocenters. The standard InChI is InChI=1S/C19H21BrN6OS/c1-13(2)8-11-21-18(27)17-16(12-28-19-22-9-3-10-23-19)26(25-24-17)15-6-4-14(20)5-7-15/h3-7,9-10,13H,8,11-12H2,1-2H3,(H,21,27). The Hall–Kier alpha value is -2.26. The first-order valence-electron chi connectivity index (χ1n) is 8.93. The number of nitrogens with one attached hydrogen (secondary N) is 1. The quantitative estimate of drug-likeness (QED) is 0.405. The Kier molecular flexibility index (Phi) is 7.16. The molecule has 0 saturated heterocycles. The van der Waals surface area contributed by atoms with Crippen molar-refractivity contribution in [3.63, 3.8) is 0 Å². The van der Waals surface area contributed by atoms with Gasteiger partial charge in [-0.1, -0.05) is 46.8 Å². The first kappa shape index (κ1) is 20.5. The van der Waals surface area contributed by atoms with Crippen molar-refractivity contribution >= 4 is 33.6 Å². The fraction of sp³-hybridized carbons (Fsp3) is 0.316. The van der Waals surface area contributed by atoms with E-state index in [-0.39, 0.29) is 5.91 Å². The van der Waals surface area contributed by atoms with Gasteiger partial charge in [0.2, 0.25) is 0 Å². The molecule has 2 aromatic heterocycles. The van der Waals surface area contributed by atoms with Crippen molar-refractivity contribution in [1.82, 2.24) is 30.3 Å². The predicted octanol–water partition coefficient (Wildman–Crippen LogP) is 3.89. The molecule has 0 fully saturated rings. The number of rotatable bonds is 8. The van der Waals surface area contributed by atoms with Crippen LogP contribution in [0.4, 0.5) is 0 Å². The molecule has 1 aromatic carbocycles. The van der Waals surface area contributed by atoms with Gasteiger partial charge in [-0.25, -0.2) is 14.6 Å². The highest BCUT2D eigenvalue weighted by molar-refractivity contribution is 9.10. The number of carbonyl (C=O) groups is 1. The van der Waals surface area contributed by atoms with Crippen LogP contribution < -0.4 is 5.32 Å². The number of amides is 1. The first-order valence-corrected chi connectivity index (χ1v) is 10.7. The van der Waals surface area contributed by atoms with Crippen LogP contribution in [0.5, 0.6) is 0 Å². The molecule has 1 amide bonds. The van der Waals surface area contributed by atoms with Gasteiger partial charge in [-0.2, -0.15) is 0 Å². The summed E-state index contributed by atoms with van der Waals surface area (Å²) in [6.07, 6.45) is 4.30. The molecule has 3 rings (SSSR count). The van der Waals surface area contributed by atoms with E-state index in [1.165, 1.54) is 11.8 Å². The van der Waals surface area contributed by atoms with Crippen LogP contribution in [0.2, 0.25) is 0 Å². The van der Waals surface area contributed by atoms with Gasteiger partial charge in [0.1, 0.15) is 0 Å². The number of hydrogen-bond donors (Lipinski definition) is 1. The summed E-state index contributed by atoms with van der Waals surface area (Å²) in [6.45, 7) is 4.85. The van der Waals surface area contributed by atoms with Gasteiger partial charge in [-0.05, 0) is 42.7 Å². The molecular formula is C19H21BrN6OS. The van der Waals surface area contributed by atoms with Crippen LogP contribution >= 0.6 is 27.7 Å². The molecule has 3 aromatic rings. The molecule has 0 aliphatic carbocycles. The zero-order chi connectivity index (χ0) is 19.9. The Labute approximate surface area is 176 Å². The predicted molar refractivity (Wildman–Crippen MR) is 112 cm³/mol. The van der Waals surface area contributed by atoms with Crippen LogP contribution in [0, 0.1) is 5.92 Å². The molecule has 28 heavy (non-hydrogen) atoms. The van der Waals surface area contributed by atoms with Crippen molar-refractivity contribution < 1.29 is 4.79 Å². The van der Waals surface area contributed by atoms with E-state index < -0.39 is 0 Å². The minimum Gasteiger partial charge on any atom is -0.351 e. The van der Waals surface area contributed by atoms with E-state index in [1.807, 2.05) is 24.3 Å². The Morgan fingerprint density at radius 2 is 1.93 bits per heavy atom. The van der Waals surface area contributed by atoms with E-state index in [9.17, 15) is 4.79 Å². The number of nitrogens with zero attached hydrogens (tertiary/aromatic N) is 5. The SMILES string of the molecule is CC(C)CCNC(=O)c1nnn(-c2ccc(Br)cc2)c1CSc1ncccn1. The highest BCUT2D eigenvalue weighted by atomic mass is 79.9. The molecule has 0 radical (unpaired) electrons. The monoisotopic (exact) mass is 460 g/mol. The van der Waals surface area contributed by atoms with Crippen LogP contribution in [0.15, 0.2) is 52.4 Å². The second kappa shape index (κ2) is 9.79. The maximum atomic E-state index is 12.7. The van der Waals surface area contributed by atoms with Gasteiger partial charge in [-0.3, -0.25) is 4.79 Å². The van der Waals surface area contributed by atoms with Crippen molar-refractivity contribution in [1.29, 1.82) is 0 Å². The first-order chi connectivity index (χ1) is 13.5. The molecule has 146 valence electrons. The van der Waals surface area contributed by atoms with Gasteiger partial charge in [0.15, 0.2) is 10.9 Å². The highest BCUT2D eigenvalue weighted by Crippen LogP contribution is 2.23. The molecule has 9 heteroatoms. The average molecular weight is 461 g/mol. The average Bonchev–Trinajstić information content (AvgIpc) is 3.11. The van der Waals surface area contributed by atoms with E-state index >= 15 is 0 Å². The summed E-state index contributed by atoms with van der Waals surface area (Å²) in [7, 11) is 0. The molecule has 0 saturated carbocycles. The molecule has 0 bridgehead atoms. The number of carbonyl (C=O) groups excluding carboxylic acids is 1. The lowest BCUT2D eigenvalue weighted by molar-refractivity contribution is 0.0946. The Bertz CT molecular complexity index is 914. The number of halogens is 1. The molecule has 7 nitrogen and oxygen atoms in total.